The van der Waals surface area contributed by atoms with Gasteiger partial charge in [-0.25, -0.2) is 14.8 Å². The van der Waals surface area contributed by atoms with Crippen LogP contribution in [0, 0.1) is 0 Å². The number of carboxylic acids is 1. The molecule has 0 saturated carbocycles. The number of pyridine rings is 1. The molecule has 174 valence electrons. The second kappa shape index (κ2) is 9.80. The Morgan fingerprint density at radius 2 is 2.06 bits per heavy atom. The maximum atomic E-state index is 14.0. The summed E-state index contributed by atoms with van der Waals surface area (Å²) >= 11 is 1.64. The number of fused-ring (bicyclic) bond motifs is 1. The van der Waals surface area contributed by atoms with Crippen LogP contribution in [0.2, 0.25) is 0 Å². The zero-order valence-corrected chi connectivity index (χ0v) is 19.3. The van der Waals surface area contributed by atoms with Crippen molar-refractivity contribution in [1.29, 1.82) is 0 Å². The van der Waals surface area contributed by atoms with Gasteiger partial charge in [0.1, 0.15) is 11.5 Å². The van der Waals surface area contributed by atoms with Crippen LogP contribution < -0.4 is 10.5 Å². The number of aryl methyl sites for hydroxylation is 2. The maximum absolute atomic E-state index is 14.0. The third kappa shape index (κ3) is 5.12. The number of hydrogen-bond acceptors (Lipinski definition) is 7. The predicted octanol–water partition coefficient (Wildman–Crippen LogP) is 3.29. The first-order valence-electron chi connectivity index (χ1n) is 10.8. The second-order valence-electron chi connectivity index (χ2n) is 8.14. The van der Waals surface area contributed by atoms with Crippen molar-refractivity contribution in [2.45, 2.75) is 32.6 Å². The Labute approximate surface area is 194 Å². The minimum Gasteiger partial charge on any atom is -0.476 e. The Kier molecular flexibility index (Phi) is 6.85. The van der Waals surface area contributed by atoms with Gasteiger partial charge in [-0.05, 0) is 36.1 Å². The molecule has 4 heterocycles. The average molecular weight is 473 g/mol. The third-order valence-corrected chi connectivity index (χ3v) is 6.41. The Bertz CT molecular complexity index is 1260. The summed E-state index contributed by atoms with van der Waals surface area (Å²) in [6.45, 7) is 6.06. The zero-order valence-electron chi connectivity index (χ0n) is 18.5. The molecule has 0 spiro atoms. The van der Waals surface area contributed by atoms with Crippen molar-refractivity contribution in [3.05, 3.63) is 61.7 Å². The van der Waals surface area contributed by atoms with Crippen LogP contribution in [0.25, 0.3) is 11.7 Å². The number of nitrogens with zero attached hydrogens (tertiary/aromatic N) is 4. The van der Waals surface area contributed by atoms with E-state index < -0.39 is 17.4 Å². The molecule has 0 radical (unpaired) electrons. The standard InChI is InChI=1S/C23H25FN4O4S/c1-14(2)18-13-33-20(25-18)4-3-15-5-6-28-19(11-15)26-21(27-7-9-32-10-8-27)16(22(28)29)12-17(24)23(30)31/h5-6,11-14H,3-4,7-10H2,1-2H3,(H,30,31)/b17-12-. The summed E-state index contributed by atoms with van der Waals surface area (Å²) in [5.41, 5.74) is 1.90. The lowest BCUT2D eigenvalue weighted by Gasteiger charge is -2.29. The smallest absolute Gasteiger partial charge is 0.364 e. The highest BCUT2D eigenvalue weighted by Gasteiger charge is 2.21. The fourth-order valence-corrected chi connectivity index (χ4v) is 4.58. The summed E-state index contributed by atoms with van der Waals surface area (Å²) in [7, 11) is 0. The van der Waals surface area contributed by atoms with E-state index in [0.29, 0.717) is 37.9 Å². The lowest BCUT2D eigenvalue weighted by atomic mass is 10.1. The molecule has 1 aliphatic rings. The van der Waals surface area contributed by atoms with Crippen LogP contribution in [0.1, 0.15) is 41.6 Å². The summed E-state index contributed by atoms with van der Waals surface area (Å²) in [6.07, 6.45) is 3.86. The average Bonchev–Trinajstić information content (AvgIpc) is 3.29. The fraction of sp³-hybridized carbons (Fsp3) is 0.391. The number of thiazole rings is 1. The Morgan fingerprint density at radius 1 is 1.30 bits per heavy atom. The van der Waals surface area contributed by atoms with E-state index in [0.717, 1.165) is 35.2 Å². The molecule has 0 unspecified atom stereocenters. The first-order chi connectivity index (χ1) is 15.8. The summed E-state index contributed by atoms with van der Waals surface area (Å²) in [5, 5.41) is 12.1. The van der Waals surface area contributed by atoms with Gasteiger partial charge in [0.05, 0.1) is 29.5 Å². The van der Waals surface area contributed by atoms with E-state index in [-0.39, 0.29) is 11.4 Å². The fourth-order valence-electron chi connectivity index (χ4n) is 3.62. The van der Waals surface area contributed by atoms with Crippen molar-refractivity contribution < 1.29 is 19.0 Å². The quantitative estimate of drug-likeness (QED) is 0.527. The lowest BCUT2D eigenvalue weighted by molar-refractivity contribution is -0.134. The molecule has 1 N–H and O–H groups in total. The predicted molar refractivity (Wildman–Crippen MR) is 125 cm³/mol. The number of ether oxygens (including phenoxy) is 1. The molecule has 1 saturated heterocycles. The molecular formula is C23H25FN4O4S. The Balaban J connectivity index is 1.70. The SMILES string of the molecule is CC(C)c1csc(CCc2ccn3c(=O)c(/C=C(\F)C(=O)O)c(N4CCOCC4)nc3c2)n1. The lowest BCUT2D eigenvalue weighted by Crippen LogP contribution is -2.38. The summed E-state index contributed by atoms with van der Waals surface area (Å²) in [4.78, 5) is 35.3. The molecule has 1 fully saturated rings. The highest BCUT2D eigenvalue weighted by Crippen LogP contribution is 2.22. The van der Waals surface area contributed by atoms with Crippen molar-refractivity contribution in [1.82, 2.24) is 14.4 Å². The number of anilines is 1. The van der Waals surface area contributed by atoms with Gasteiger partial charge in [0.2, 0.25) is 5.83 Å². The number of aromatic nitrogens is 3. The topological polar surface area (TPSA) is 97.0 Å². The molecule has 8 nitrogen and oxygen atoms in total. The molecule has 33 heavy (non-hydrogen) atoms. The number of rotatable bonds is 7. The molecular weight excluding hydrogens is 447 g/mol. The largest absolute Gasteiger partial charge is 0.476 e. The Hall–Kier alpha value is -3.11. The number of hydrogen-bond donors (Lipinski definition) is 1. The van der Waals surface area contributed by atoms with Gasteiger partial charge < -0.3 is 14.7 Å². The minimum atomic E-state index is -1.73. The number of aliphatic carboxylic acids is 1. The molecule has 3 aromatic heterocycles. The van der Waals surface area contributed by atoms with Crippen LogP contribution in [-0.4, -0.2) is 51.7 Å². The molecule has 0 aromatic carbocycles. The molecule has 0 amide bonds. The van der Waals surface area contributed by atoms with Crippen LogP contribution in [0.5, 0.6) is 0 Å². The van der Waals surface area contributed by atoms with Crippen molar-refractivity contribution in [2.24, 2.45) is 0 Å². The number of morpholine rings is 1. The molecule has 0 bridgehead atoms. The Morgan fingerprint density at radius 3 is 2.73 bits per heavy atom. The number of carboxylic acid groups (broad SMARTS) is 1. The summed E-state index contributed by atoms with van der Waals surface area (Å²) in [6, 6.07) is 3.66. The van der Waals surface area contributed by atoms with E-state index in [9.17, 15) is 14.0 Å². The zero-order chi connectivity index (χ0) is 23.5. The first kappa shape index (κ1) is 23.1. The second-order valence-corrected chi connectivity index (χ2v) is 9.08. The van der Waals surface area contributed by atoms with E-state index in [1.165, 1.54) is 4.40 Å². The van der Waals surface area contributed by atoms with Gasteiger partial charge in [-0.2, -0.15) is 4.39 Å². The third-order valence-electron chi connectivity index (χ3n) is 5.48. The van der Waals surface area contributed by atoms with Crippen LogP contribution in [0.15, 0.2) is 34.3 Å². The van der Waals surface area contributed by atoms with Gasteiger partial charge in [-0.3, -0.25) is 9.20 Å². The van der Waals surface area contributed by atoms with E-state index in [1.807, 2.05) is 17.0 Å². The minimum absolute atomic E-state index is 0.0916. The van der Waals surface area contributed by atoms with Crippen molar-refractivity contribution in [2.75, 3.05) is 31.2 Å². The molecule has 1 aliphatic heterocycles. The molecule has 0 aliphatic carbocycles. The van der Waals surface area contributed by atoms with Gasteiger partial charge in [0.25, 0.3) is 5.56 Å². The van der Waals surface area contributed by atoms with E-state index in [2.05, 4.69) is 29.2 Å². The number of carbonyl (C=O) groups is 1. The van der Waals surface area contributed by atoms with Crippen LogP contribution >= 0.6 is 11.3 Å². The highest BCUT2D eigenvalue weighted by molar-refractivity contribution is 7.09. The van der Waals surface area contributed by atoms with Crippen molar-refractivity contribution >= 4 is 34.8 Å². The van der Waals surface area contributed by atoms with Gasteiger partial charge in [0.15, 0.2) is 0 Å². The molecule has 10 heteroatoms. The molecule has 4 rings (SSSR count). The first-order valence-corrected chi connectivity index (χ1v) is 11.6. The van der Waals surface area contributed by atoms with Crippen molar-refractivity contribution in [3.8, 4) is 0 Å². The van der Waals surface area contributed by atoms with Crippen LogP contribution in [-0.2, 0) is 22.4 Å². The normalized spacial score (nSPS) is 14.9. The van der Waals surface area contributed by atoms with E-state index >= 15 is 0 Å². The highest BCUT2D eigenvalue weighted by atomic mass is 32.1. The van der Waals surface area contributed by atoms with E-state index in [1.54, 1.807) is 17.5 Å². The molecule has 3 aromatic rings. The van der Waals surface area contributed by atoms with Gasteiger partial charge in [-0.1, -0.05) is 13.8 Å². The summed E-state index contributed by atoms with van der Waals surface area (Å²) in [5.74, 6) is -2.49. The summed E-state index contributed by atoms with van der Waals surface area (Å²) < 4.78 is 20.6. The molecule has 0 atom stereocenters. The maximum Gasteiger partial charge on any atom is 0.364 e. The van der Waals surface area contributed by atoms with E-state index in [4.69, 9.17) is 9.84 Å². The monoisotopic (exact) mass is 472 g/mol. The van der Waals surface area contributed by atoms with Gasteiger partial charge in [-0.15, -0.1) is 11.3 Å². The van der Waals surface area contributed by atoms with Crippen molar-refractivity contribution in [3.63, 3.8) is 0 Å². The van der Waals surface area contributed by atoms with Gasteiger partial charge in [0, 0.05) is 31.1 Å². The van der Waals surface area contributed by atoms with Gasteiger partial charge >= 0.3 is 5.97 Å². The van der Waals surface area contributed by atoms with Crippen LogP contribution in [0.4, 0.5) is 10.2 Å². The number of halogens is 1. The van der Waals surface area contributed by atoms with Crippen LogP contribution in [0.3, 0.4) is 0 Å².